The third-order valence-corrected chi connectivity index (χ3v) is 8.80. The Labute approximate surface area is 261 Å². The lowest BCUT2D eigenvalue weighted by Gasteiger charge is -2.08. The van der Waals surface area contributed by atoms with Gasteiger partial charge in [-0.1, -0.05) is 75.7 Å². The van der Waals surface area contributed by atoms with Gasteiger partial charge in [0.25, 0.3) is 0 Å². The molecule has 0 amide bonds. The van der Waals surface area contributed by atoms with Gasteiger partial charge in [0.05, 0.1) is 0 Å². The van der Waals surface area contributed by atoms with Crippen molar-refractivity contribution < 1.29 is 9.56 Å². The summed E-state index contributed by atoms with van der Waals surface area (Å²) in [5.41, 5.74) is 8.51. The van der Waals surface area contributed by atoms with Crippen molar-refractivity contribution in [3.63, 3.8) is 0 Å². The monoisotopic (exact) mass is 598 g/mol. The Bertz CT molecular complexity index is 1350. The topological polar surface area (TPSA) is 41.9 Å². The van der Waals surface area contributed by atoms with Crippen LogP contribution < -0.4 is 20.2 Å². The van der Waals surface area contributed by atoms with Gasteiger partial charge in [-0.15, -0.1) is 0 Å². The molecule has 0 saturated carbocycles. The molecule has 0 atom stereocenters. The lowest BCUT2D eigenvalue weighted by molar-refractivity contribution is -0.695. The molecule has 4 nitrogen and oxygen atoms in total. The molecule has 0 aliphatic heterocycles. The largest absolute Gasteiger partial charge is 0.384 e. The number of pyridine rings is 1. The number of benzene rings is 2. The predicted molar refractivity (Wildman–Crippen MR) is 190 cm³/mol. The first-order valence-corrected chi connectivity index (χ1v) is 17.3. The number of allylic oxidation sites excluding steroid dienone is 6. The molecule has 6 heteroatoms. The molecule has 0 saturated heterocycles. The zero-order valence-corrected chi connectivity index (χ0v) is 27.1. The van der Waals surface area contributed by atoms with Gasteiger partial charge >= 0.3 is 0 Å². The minimum atomic E-state index is 0.942. The Morgan fingerprint density at radius 1 is 0.762 bits per heavy atom. The van der Waals surface area contributed by atoms with Crippen LogP contribution in [0, 0.1) is 0 Å². The zero-order valence-electron chi connectivity index (χ0n) is 25.5. The summed E-state index contributed by atoms with van der Waals surface area (Å²) in [5, 5.41) is 7.07. The Balaban J connectivity index is 1.29. The summed E-state index contributed by atoms with van der Waals surface area (Å²) in [6.45, 7) is 12.4. The first-order valence-electron chi connectivity index (χ1n) is 14.8. The number of aryl methyl sites for hydroxylation is 1. The molecule has 0 aliphatic carbocycles. The lowest BCUT2D eigenvalue weighted by atomic mass is 10.1. The van der Waals surface area contributed by atoms with Gasteiger partial charge in [0, 0.05) is 59.8 Å². The van der Waals surface area contributed by atoms with Crippen LogP contribution in [0.1, 0.15) is 44.5 Å². The van der Waals surface area contributed by atoms with E-state index in [0.29, 0.717) is 0 Å². The highest BCUT2D eigenvalue weighted by Gasteiger charge is 2.09. The van der Waals surface area contributed by atoms with E-state index in [9.17, 15) is 0 Å². The molecule has 2 aromatic carbocycles. The van der Waals surface area contributed by atoms with Crippen molar-refractivity contribution in [2.75, 3.05) is 41.8 Å². The van der Waals surface area contributed by atoms with E-state index in [4.69, 9.17) is 0 Å². The van der Waals surface area contributed by atoms with Crippen LogP contribution >= 0.6 is 21.6 Å². The van der Waals surface area contributed by atoms with Crippen molar-refractivity contribution in [2.24, 2.45) is 0 Å². The molecule has 3 rings (SSSR count). The number of hydrogen-bond acceptors (Lipinski definition) is 4. The average Bonchev–Trinajstić information content (AvgIpc) is 3.01. The Morgan fingerprint density at radius 3 is 1.98 bits per heavy atom. The van der Waals surface area contributed by atoms with Gasteiger partial charge in [0.1, 0.15) is 13.1 Å². The van der Waals surface area contributed by atoms with Crippen molar-refractivity contribution in [1.29, 1.82) is 0 Å². The van der Waals surface area contributed by atoms with Gasteiger partial charge < -0.3 is 10.6 Å². The quantitative estimate of drug-likeness (QED) is 0.0508. The summed E-state index contributed by atoms with van der Waals surface area (Å²) in [6, 6.07) is 23.7. The van der Waals surface area contributed by atoms with E-state index in [1.165, 1.54) is 33.7 Å². The van der Waals surface area contributed by atoms with E-state index in [1.54, 1.807) is 0 Å². The molecule has 0 unspecified atom stereocenters. The van der Waals surface area contributed by atoms with E-state index in [2.05, 4.69) is 145 Å². The molecule has 0 spiro atoms. The molecular weight excluding hydrogens is 553 g/mol. The maximum absolute atomic E-state index is 3.54. The van der Waals surface area contributed by atoms with Gasteiger partial charge in [-0.25, -0.2) is 4.99 Å². The van der Waals surface area contributed by atoms with Crippen LogP contribution in [-0.2, 0) is 6.54 Å². The molecule has 0 radical (unpaired) electrons. The van der Waals surface area contributed by atoms with E-state index in [1.807, 2.05) is 40.0 Å². The molecule has 3 N–H and O–H groups in total. The fourth-order valence-electron chi connectivity index (χ4n) is 4.24. The van der Waals surface area contributed by atoms with Gasteiger partial charge in [-0.2, -0.15) is 4.57 Å². The Kier molecular flexibility index (Phi) is 15.4. The standard InChI is InChI=1S/C36H44N4S2/c1-5-37-22-10-7-8-12-30(3)28-32-14-18-34(19-15-32)38-23-26-41-42-27-24-39-35-20-16-33(17-21-35)29-31(4)36-13-9-11-25-40(36)6-2/h7-22,25,28-29H,5-6,23-24,26-27H2,1-4H3,(H,37,38)/p+2. The highest BCUT2D eigenvalue weighted by Crippen LogP contribution is 2.22. The Morgan fingerprint density at radius 2 is 1.38 bits per heavy atom. The summed E-state index contributed by atoms with van der Waals surface area (Å²) in [7, 11) is 3.84. The molecule has 0 fully saturated rings. The number of anilines is 2. The third-order valence-electron chi connectivity index (χ3n) is 6.40. The van der Waals surface area contributed by atoms with Gasteiger partial charge in [-0.3, -0.25) is 0 Å². The third kappa shape index (κ3) is 12.6. The highest BCUT2D eigenvalue weighted by molar-refractivity contribution is 8.76. The van der Waals surface area contributed by atoms with Crippen LogP contribution in [0.4, 0.5) is 11.4 Å². The van der Waals surface area contributed by atoms with Crippen molar-refractivity contribution in [1.82, 2.24) is 0 Å². The predicted octanol–water partition coefficient (Wildman–Crippen LogP) is 7.15. The van der Waals surface area contributed by atoms with Gasteiger partial charge in [-0.05, 0) is 75.2 Å². The molecular formula is C36H46N4S2+2. The smallest absolute Gasteiger partial charge is 0.208 e. The Hall–Kier alpha value is -3.48. The number of nitrogens with zero attached hydrogens (tertiary/aromatic N) is 1. The summed E-state index contributed by atoms with van der Waals surface area (Å²) in [5.74, 6) is 2.13. The van der Waals surface area contributed by atoms with E-state index < -0.39 is 0 Å². The maximum Gasteiger partial charge on any atom is 0.208 e. The summed E-state index contributed by atoms with van der Waals surface area (Å²) in [6.07, 6.45) is 16.8. The first kappa shape index (κ1) is 33.0. The molecule has 1 heterocycles. The fraction of sp³-hybridized carbons (Fsp3) is 0.278. The summed E-state index contributed by atoms with van der Waals surface area (Å²) in [4.78, 5) is 3.15. The minimum Gasteiger partial charge on any atom is -0.384 e. The second-order valence-electron chi connectivity index (χ2n) is 9.80. The summed E-state index contributed by atoms with van der Waals surface area (Å²) < 4.78 is 2.27. The highest BCUT2D eigenvalue weighted by atomic mass is 33.1. The van der Waals surface area contributed by atoms with Crippen molar-refractivity contribution in [3.8, 4) is 0 Å². The van der Waals surface area contributed by atoms with Crippen molar-refractivity contribution in [3.05, 3.63) is 120 Å². The molecule has 0 aliphatic rings. The second kappa shape index (κ2) is 19.6. The van der Waals surface area contributed by atoms with Crippen LogP contribution in [0.2, 0.25) is 0 Å². The SMILES string of the molecule is CC[NH+]=C\C=C/C=C/C(C)=C/c1ccc(NCCSSCCNc2ccc(/C=C(\C)c3cccc[n+]3CC)cc2)cc1. The van der Waals surface area contributed by atoms with E-state index in [-0.39, 0.29) is 0 Å². The lowest BCUT2D eigenvalue weighted by Crippen LogP contribution is -2.67. The molecule has 3 aromatic rings. The molecule has 0 bridgehead atoms. The first-order chi connectivity index (χ1) is 20.6. The van der Waals surface area contributed by atoms with Crippen LogP contribution in [0.5, 0.6) is 0 Å². The van der Waals surface area contributed by atoms with Crippen LogP contribution in [0.25, 0.3) is 17.7 Å². The van der Waals surface area contributed by atoms with E-state index in [0.717, 1.165) is 43.4 Å². The molecule has 42 heavy (non-hydrogen) atoms. The van der Waals surface area contributed by atoms with Crippen LogP contribution in [-0.4, -0.2) is 37.4 Å². The van der Waals surface area contributed by atoms with E-state index >= 15 is 0 Å². The second-order valence-corrected chi connectivity index (χ2v) is 12.5. The normalized spacial score (nSPS) is 12.6. The minimum absolute atomic E-state index is 0.942. The van der Waals surface area contributed by atoms with Crippen LogP contribution in [0.3, 0.4) is 0 Å². The summed E-state index contributed by atoms with van der Waals surface area (Å²) >= 11 is 0. The molecule has 220 valence electrons. The number of aromatic nitrogens is 1. The maximum atomic E-state index is 3.54. The number of nitrogens with one attached hydrogen (secondary N) is 3. The van der Waals surface area contributed by atoms with Crippen molar-refractivity contribution in [2.45, 2.75) is 34.2 Å². The van der Waals surface area contributed by atoms with Gasteiger partial charge in [0.2, 0.25) is 5.69 Å². The number of hydrogen-bond donors (Lipinski definition) is 3. The fourth-order valence-corrected chi connectivity index (χ4v) is 6.06. The van der Waals surface area contributed by atoms with Crippen molar-refractivity contribution >= 4 is 56.9 Å². The zero-order chi connectivity index (χ0) is 29.8. The molecule has 1 aromatic heterocycles. The van der Waals surface area contributed by atoms with Crippen LogP contribution in [0.15, 0.2) is 103 Å². The number of rotatable bonds is 17. The average molecular weight is 599 g/mol. The van der Waals surface area contributed by atoms with Gasteiger partial charge in [0.15, 0.2) is 12.4 Å².